The van der Waals surface area contributed by atoms with Crippen LogP contribution in [0.5, 0.6) is 23.0 Å². The van der Waals surface area contributed by atoms with Gasteiger partial charge in [0.1, 0.15) is 23.0 Å². The highest BCUT2D eigenvalue weighted by Gasteiger charge is 2.27. The van der Waals surface area contributed by atoms with E-state index in [0.29, 0.717) is 0 Å². The zero-order valence-electron chi connectivity index (χ0n) is 44.4. The molecule has 2 nitrogen and oxygen atoms in total. The van der Waals surface area contributed by atoms with Crippen LogP contribution in [-0.4, -0.2) is 0 Å². The van der Waals surface area contributed by atoms with E-state index in [9.17, 15) is 0 Å². The van der Waals surface area contributed by atoms with Crippen molar-refractivity contribution in [3.05, 3.63) is 279 Å². The summed E-state index contributed by atoms with van der Waals surface area (Å²) < 4.78 is 13.6. The summed E-state index contributed by atoms with van der Waals surface area (Å²) in [5.41, 5.74) is 16.6. The van der Waals surface area contributed by atoms with Crippen LogP contribution in [0.15, 0.2) is 279 Å². The average molecular weight is 1040 g/mol. The molecule has 2 aliphatic heterocycles. The van der Waals surface area contributed by atoms with Crippen molar-refractivity contribution in [3.8, 4) is 101 Å². The van der Waals surface area contributed by atoms with Crippen molar-refractivity contribution in [3.63, 3.8) is 0 Å². The molecule has 16 aromatic carbocycles. The number of ether oxygens (including phenoxy) is 2. The smallest absolute Gasteiger partial charge is 0.136 e. The van der Waals surface area contributed by atoms with Gasteiger partial charge in [-0.2, -0.15) is 0 Å². The molecule has 2 heteroatoms. The zero-order valence-corrected chi connectivity index (χ0v) is 44.4. The lowest BCUT2D eigenvalue weighted by molar-refractivity contribution is 0.487. The third-order valence-corrected chi connectivity index (χ3v) is 17.8. The number of hydrogen-bond donors (Lipinski definition) is 0. The van der Waals surface area contributed by atoms with Crippen LogP contribution in [-0.2, 0) is 0 Å². The van der Waals surface area contributed by atoms with Crippen molar-refractivity contribution in [2.45, 2.75) is 0 Å². The highest BCUT2D eigenvalue weighted by atomic mass is 16.5. The maximum atomic E-state index is 7.10. The molecular weight excluding hydrogens is 993 g/mol. The van der Waals surface area contributed by atoms with Crippen LogP contribution >= 0.6 is 0 Å². The van der Waals surface area contributed by atoms with Crippen LogP contribution in [0, 0.1) is 0 Å². The first-order valence-electron chi connectivity index (χ1n) is 28.3. The van der Waals surface area contributed by atoms with Gasteiger partial charge in [-0.3, -0.25) is 0 Å². The lowest BCUT2D eigenvalue weighted by Crippen LogP contribution is -1.99. The van der Waals surface area contributed by atoms with E-state index in [2.05, 4.69) is 279 Å². The van der Waals surface area contributed by atoms with E-state index >= 15 is 0 Å². The number of fused-ring (bicyclic) bond motifs is 10. The quantitative estimate of drug-likeness (QED) is 0.160. The van der Waals surface area contributed by atoms with Gasteiger partial charge in [-0.15, -0.1) is 0 Å². The first-order valence-corrected chi connectivity index (χ1v) is 28.3. The molecule has 0 fully saturated rings. The molecule has 378 valence electrons. The predicted molar refractivity (Wildman–Crippen MR) is 345 cm³/mol. The fourth-order valence-electron chi connectivity index (χ4n) is 14.4. The Morgan fingerprint density at radius 2 is 0.573 bits per heavy atom. The van der Waals surface area contributed by atoms with E-state index in [1.54, 1.807) is 0 Å². The van der Waals surface area contributed by atoms with Gasteiger partial charge in [-0.25, -0.2) is 0 Å². The first-order chi connectivity index (χ1) is 40.7. The van der Waals surface area contributed by atoms with E-state index in [1.165, 1.54) is 120 Å². The molecule has 0 aromatic heterocycles. The highest BCUT2D eigenvalue weighted by molar-refractivity contribution is 6.26. The largest absolute Gasteiger partial charge is 0.456 e. The fraction of sp³-hybridized carbons (Fsp3) is 0. The minimum absolute atomic E-state index is 0.857. The van der Waals surface area contributed by atoms with Crippen LogP contribution < -0.4 is 9.47 Å². The molecule has 2 aliphatic rings. The number of rotatable bonds is 5. The molecule has 82 heavy (non-hydrogen) atoms. The number of hydrogen-bond acceptors (Lipinski definition) is 2. The Balaban J connectivity index is 0.776. The van der Waals surface area contributed by atoms with Gasteiger partial charge in [-0.1, -0.05) is 231 Å². The van der Waals surface area contributed by atoms with Gasteiger partial charge in [0.15, 0.2) is 0 Å². The second-order valence-corrected chi connectivity index (χ2v) is 22.1. The van der Waals surface area contributed by atoms with Crippen LogP contribution in [0.4, 0.5) is 0 Å². The van der Waals surface area contributed by atoms with Crippen LogP contribution in [0.2, 0.25) is 0 Å². The van der Waals surface area contributed by atoms with Gasteiger partial charge in [-0.05, 0) is 191 Å². The Kier molecular flexibility index (Phi) is 9.54. The summed E-state index contributed by atoms with van der Waals surface area (Å²) >= 11 is 0. The summed E-state index contributed by atoms with van der Waals surface area (Å²) in [5.74, 6) is 3.52. The second kappa shape index (κ2) is 17.3. The lowest BCUT2D eigenvalue weighted by Gasteiger charge is -2.24. The lowest BCUT2D eigenvalue weighted by atomic mass is 9.82. The van der Waals surface area contributed by atoms with Crippen molar-refractivity contribution in [2.24, 2.45) is 0 Å². The molecule has 0 unspecified atom stereocenters. The minimum atomic E-state index is 0.857. The molecule has 2 heterocycles. The minimum Gasteiger partial charge on any atom is -0.456 e. The van der Waals surface area contributed by atoms with E-state index in [1.807, 2.05) is 0 Å². The van der Waals surface area contributed by atoms with E-state index in [4.69, 9.17) is 9.47 Å². The standard InChI is InChI=1S/C80H46O2/c1-2-22-53-47(18-1)19-15-34-58(53)79-63-30-9-5-26-59(63)75(60-27-6-10-31-64(60)79)50-38-41-72-69(44-50)67-35-16-20-48-42-51(46-74(82-72)77(48)67)54-39-40-68(56-24-4-3-23-55(54)56)80-65-32-11-7-28-61(65)76(62-29-8-12-33-66(62)80)52-43-49-21-17-37-73-78(49)70(45-52)57-25-13-14-36-71(57)81-73/h1-46H. The Hall–Kier alpha value is -10.8. The van der Waals surface area contributed by atoms with Crippen molar-refractivity contribution in [1.29, 1.82) is 0 Å². The predicted octanol–water partition coefficient (Wildman–Crippen LogP) is 22.8. The maximum Gasteiger partial charge on any atom is 0.136 e. The number of benzene rings is 16. The Morgan fingerprint density at radius 3 is 1.23 bits per heavy atom. The summed E-state index contributed by atoms with van der Waals surface area (Å²) in [6, 6.07) is 103. The Labute approximate surface area is 472 Å². The Bertz CT molecular complexity index is 5350. The molecule has 0 spiro atoms. The molecule has 0 saturated heterocycles. The van der Waals surface area contributed by atoms with Crippen molar-refractivity contribution >= 4 is 86.2 Å². The number of para-hydroxylation sites is 1. The van der Waals surface area contributed by atoms with Gasteiger partial charge in [0.05, 0.1) is 0 Å². The third kappa shape index (κ3) is 6.52. The zero-order chi connectivity index (χ0) is 53.6. The summed E-state index contributed by atoms with van der Waals surface area (Å²) in [7, 11) is 0. The summed E-state index contributed by atoms with van der Waals surface area (Å²) in [5, 5.41) is 19.3. The van der Waals surface area contributed by atoms with Crippen LogP contribution in [0.25, 0.3) is 164 Å². The SMILES string of the molecule is c1ccc2c(c1)Oc1cccc3cc(-c4c5ccccc5c(-c5ccc(-c6cc7c8c(cccc8c6)-c6cc(-c8c9ccccc9c(-c9cccc%10ccccc9%10)c9ccccc89)ccc6O7)c6ccccc56)c5ccccc45)cc-2c13. The van der Waals surface area contributed by atoms with Gasteiger partial charge in [0.2, 0.25) is 0 Å². The van der Waals surface area contributed by atoms with Crippen LogP contribution in [0.3, 0.4) is 0 Å². The van der Waals surface area contributed by atoms with Crippen LogP contribution in [0.1, 0.15) is 0 Å². The molecular formula is C80H46O2. The third-order valence-electron chi connectivity index (χ3n) is 17.8. The molecule has 0 saturated carbocycles. The van der Waals surface area contributed by atoms with Crippen molar-refractivity contribution in [1.82, 2.24) is 0 Å². The summed E-state index contributed by atoms with van der Waals surface area (Å²) in [6.07, 6.45) is 0. The summed E-state index contributed by atoms with van der Waals surface area (Å²) in [6.45, 7) is 0. The molecule has 18 rings (SSSR count). The molecule has 0 bridgehead atoms. The molecule has 0 radical (unpaired) electrons. The molecule has 16 aromatic rings. The van der Waals surface area contributed by atoms with E-state index < -0.39 is 0 Å². The van der Waals surface area contributed by atoms with E-state index in [-0.39, 0.29) is 0 Å². The van der Waals surface area contributed by atoms with Gasteiger partial charge >= 0.3 is 0 Å². The molecule has 0 amide bonds. The summed E-state index contributed by atoms with van der Waals surface area (Å²) in [4.78, 5) is 0. The monoisotopic (exact) mass is 1040 g/mol. The van der Waals surface area contributed by atoms with Gasteiger partial charge in [0.25, 0.3) is 0 Å². The fourth-order valence-corrected chi connectivity index (χ4v) is 14.4. The van der Waals surface area contributed by atoms with Gasteiger partial charge < -0.3 is 9.47 Å². The topological polar surface area (TPSA) is 18.5 Å². The van der Waals surface area contributed by atoms with E-state index in [0.717, 1.165) is 67.0 Å². The van der Waals surface area contributed by atoms with Gasteiger partial charge in [0, 0.05) is 21.9 Å². The highest BCUT2D eigenvalue weighted by Crippen LogP contribution is 2.54. The maximum absolute atomic E-state index is 7.10. The van der Waals surface area contributed by atoms with Crippen molar-refractivity contribution in [2.75, 3.05) is 0 Å². The Morgan fingerprint density at radius 1 is 0.171 bits per heavy atom. The molecule has 0 aliphatic carbocycles. The van der Waals surface area contributed by atoms with Crippen molar-refractivity contribution < 1.29 is 9.47 Å². The first kappa shape index (κ1) is 45.1. The molecule has 0 N–H and O–H groups in total. The average Bonchev–Trinajstić information content (AvgIpc) is 3.64. The second-order valence-electron chi connectivity index (χ2n) is 22.1. The normalized spacial score (nSPS) is 12.3. The molecule has 0 atom stereocenters.